The van der Waals surface area contributed by atoms with E-state index < -0.39 is 28.5 Å². The normalized spacial score (nSPS) is 11.8. The number of anilines is 1. The van der Waals surface area contributed by atoms with Gasteiger partial charge in [0, 0.05) is 19.7 Å². The summed E-state index contributed by atoms with van der Waals surface area (Å²) in [6, 6.07) is 21.3. The van der Waals surface area contributed by atoms with Crippen molar-refractivity contribution in [1.82, 2.24) is 10.2 Å². The number of carbonyl (C=O) groups is 2. The number of rotatable bonds is 12. The molecular formula is C28H33N3O6S. The Hall–Kier alpha value is -4.05. The van der Waals surface area contributed by atoms with Crippen LogP contribution in [0.4, 0.5) is 5.69 Å². The molecule has 0 aliphatic carbocycles. The smallest absolute Gasteiger partial charge is 0.264 e. The molecule has 1 atom stereocenters. The van der Waals surface area contributed by atoms with Crippen LogP contribution in [0.1, 0.15) is 12.5 Å². The molecule has 3 aromatic rings. The molecule has 0 saturated heterocycles. The van der Waals surface area contributed by atoms with E-state index in [0.29, 0.717) is 12.2 Å². The molecule has 10 heteroatoms. The van der Waals surface area contributed by atoms with Gasteiger partial charge >= 0.3 is 0 Å². The number of likely N-dealkylation sites (N-methyl/N-ethyl adjacent to an activating group) is 1. The van der Waals surface area contributed by atoms with Gasteiger partial charge in [-0.2, -0.15) is 0 Å². The molecule has 0 aromatic heterocycles. The molecular weight excluding hydrogens is 506 g/mol. The van der Waals surface area contributed by atoms with Gasteiger partial charge in [0.05, 0.1) is 24.8 Å². The third-order valence-electron chi connectivity index (χ3n) is 6.16. The molecule has 202 valence electrons. The fourth-order valence-electron chi connectivity index (χ4n) is 4.00. The summed E-state index contributed by atoms with van der Waals surface area (Å²) in [6.07, 6.45) is 0.488. The van der Waals surface area contributed by atoms with E-state index in [-0.39, 0.29) is 28.8 Å². The minimum absolute atomic E-state index is 0.00728. The Morgan fingerprint density at radius 3 is 2.13 bits per heavy atom. The number of hydrogen-bond acceptors (Lipinski definition) is 6. The second-order valence-corrected chi connectivity index (χ2v) is 10.3. The highest BCUT2D eigenvalue weighted by atomic mass is 32.2. The second kappa shape index (κ2) is 13.0. The lowest BCUT2D eigenvalue weighted by atomic mass is 10.1. The van der Waals surface area contributed by atoms with E-state index in [1.165, 1.54) is 44.4 Å². The Balaban J connectivity index is 2.05. The Kier molecular flexibility index (Phi) is 9.72. The summed E-state index contributed by atoms with van der Waals surface area (Å²) < 4.78 is 39.5. The zero-order chi connectivity index (χ0) is 27.7. The molecule has 1 N–H and O–H groups in total. The van der Waals surface area contributed by atoms with Crippen molar-refractivity contribution >= 4 is 27.5 Å². The number of carbonyl (C=O) groups excluding carboxylic acids is 2. The van der Waals surface area contributed by atoms with E-state index in [0.717, 1.165) is 9.87 Å². The first-order valence-corrected chi connectivity index (χ1v) is 13.5. The van der Waals surface area contributed by atoms with E-state index >= 15 is 0 Å². The fourth-order valence-corrected chi connectivity index (χ4v) is 5.44. The van der Waals surface area contributed by atoms with Crippen LogP contribution < -0.4 is 19.1 Å². The monoisotopic (exact) mass is 539 g/mol. The average Bonchev–Trinajstić information content (AvgIpc) is 2.95. The number of nitrogens with one attached hydrogen (secondary N) is 1. The van der Waals surface area contributed by atoms with Gasteiger partial charge in [0.15, 0.2) is 0 Å². The number of sulfonamides is 1. The number of ether oxygens (including phenoxy) is 2. The molecule has 3 rings (SSSR count). The highest BCUT2D eigenvalue weighted by Gasteiger charge is 2.33. The number of amides is 2. The molecule has 0 unspecified atom stereocenters. The molecule has 0 fully saturated rings. The van der Waals surface area contributed by atoms with Gasteiger partial charge < -0.3 is 19.7 Å². The van der Waals surface area contributed by atoms with Crippen molar-refractivity contribution in [3.8, 4) is 11.5 Å². The van der Waals surface area contributed by atoms with Crippen LogP contribution >= 0.6 is 0 Å². The summed E-state index contributed by atoms with van der Waals surface area (Å²) in [4.78, 5) is 27.8. The summed E-state index contributed by atoms with van der Waals surface area (Å²) >= 11 is 0. The maximum absolute atomic E-state index is 13.9. The molecule has 3 aromatic carbocycles. The van der Waals surface area contributed by atoms with E-state index in [9.17, 15) is 18.0 Å². The molecule has 2 amide bonds. The quantitative estimate of drug-likeness (QED) is 0.379. The maximum Gasteiger partial charge on any atom is 0.264 e. The SMILES string of the molecule is CNC(=O)[C@H](C)N(CCc1ccccc1)C(=O)CN(c1cc(OC)ccc1OC)S(=O)(=O)c1ccccc1. The molecule has 0 aliphatic rings. The summed E-state index contributed by atoms with van der Waals surface area (Å²) in [6.45, 7) is 1.27. The van der Waals surface area contributed by atoms with Crippen molar-refractivity contribution in [3.63, 3.8) is 0 Å². The van der Waals surface area contributed by atoms with E-state index in [1.807, 2.05) is 30.3 Å². The zero-order valence-corrected chi connectivity index (χ0v) is 22.8. The summed E-state index contributed by atoms with van der Waals surface area (Å²) in [5.41, 5.74) is 1.12. The van der Waals surface area contributed by atoms with E-state index in [2.05, 4.69) is 5.32 Å². The maximum atomic E-state index is 13.9. The van der Waals surface area contributed by atoms with Crippen LogP contribution in [0.3, 0.4) is 0 Å². The van der Waals surface area contributed by atoms with Crippen LogP contribution in [-0.2, 0) is 26.0 Å². The van der Waals surface area contributed by atoms with Crippen LogP contribution in [0, 0.1) is 0 Å². The molecule has 0 radical (unpaired) electrons. The molecule has 0 saturated carbocycles. The number of methoxy groups -OCH3 is 2. The highest BCUT2D eigenvalue weighted by Crippen LogP contribution is 2.35. The Morgan fingerprint density at radius 1 is 0.921 bits per heavy atom. The lowest BCUT2D eigenvalue weighted by Gasteiger charge is -2.32. The van der Waals surface area contributed by atoms with Crippen molar-refractivity contribution in [2.75, 3.05) is 38.7 Å². The first-order valence-electron chi connectivity index (χ1n) is 12.1. The van der Waals surface area contributed by atoms with Crippen molar-refractivity contribution in [1.29, 1.82) is 0 Å². The molecule has 9 nitrogen and oxygen atoms in total. The summed E-state index contributed by atoms with van der Waals surface area (Å²) in [5, 5.41) is 2.57. The van der Waals surface area contributed by atoms with Crippen LogP contribution in [-0.4, -0.2) is 65.5 Å². The van der Waals surface area contributed by atoms with Crippen molar-refractivity contribution in [2.45, 2.75) is 24.3 Å². The van der Waals surface area contributed by atoms with Gasteiger partial charge in [-0.15, -0.1) is 0 Å². The van der Waals surface area contributed by atoms with Crippen LogP contribution in [0.2, 0.25) is 0 Å². The van der Waals surface area contributed by atoms with Crippen LogP contribution in [0.25, 0.3) is 0 Å². The predicted octanol–water partition coefficient (Wildman–Crippen LogP) is 3.10. The van der Waals surface area contributed by atoms with Gasteiger partial charge in [-0.3, -0.25) is 13.9 Å². The number of nitrogens with zero attached hydrogens (tertiary/aromatic N) is 2. The van der Waals surface area contributed by atoms with E-state index in [4.69, 9.17) is 9.47 Å². The largest absolute Gasteiger partial charge is 0.497 e. The summed E-state index contributed by atoms with van der Waals surface area (Å²) in [5.74, 6) is -0.265. The van der Waals surface area contributed by atoms with Gasteiger partial charge in [0.25, 0.3) is 10.0 Å². The zero-order valence-electron chi connectivity index (χ0n) is 22.0. The van der Waals surface area contributed by atoms with E-state index in [1.54, 1.807) is 37.3 Å². The van der Waals surface area contributed by atoms with Crippen molar-refractivity contribution < 1.29 is 27.5 Å². The highest BCUT2D eigenvalue weighted by molar-refractivity contribution is 7.92. The molecule has 0 aliphatic heterocycles. The van der Waals surface area contributed by atoms with Gasteiger partial charge in [0.2, 0.25) is 11.8 Å². The van der Waals surface area contributed by atoms with Gasteiger partial charge in [-0.1, -0.05) is 48.5 Å². The Bertz CT molecular complexity index is 1330. The van der Waals surface area contributed by atoms with Gasteiger partial charge in [0.1, 0.15) is 24.1 Å². The van der Waals surface area contributed by atoms with Gasteiger partial charge in [-0.25, -0.2) is 8.42 Å². The number of benzene rings is 3. The molecule has 38 heavy (non-hydrogen) atoms. The topological polar surface area (TPSA) is 105 Å². The number of hydrogen-bond donors (Lipinski definition) is 1. The lowest BCUT2D eigenvalue weighted by Crippen LogP contribution is -2.51. The minimum Gasteiger partial charge on any atom is -0.497 e. The average molecular weight is 540 g/mol. The molecule has 0 bridgehead atoms. The van der Waals surface area contributed by atoms with Crippen molar-refractivity contribution in [2.24, 2.45) is 0 Å². The van der Waals surface area contributed by atoms with Crippen molar-refractivity contribution in [3.05, 3.63) is 84.4 Å². The third kappa shape index (κ3) is 6.63. The summed E-state index contributed by atoms with van der Waals surface area (Å²) in [7, 11) is 0.161. The van der Waals surface area contributed by atoms with Crippen LogP contribution in [0.5, 0.6) is 11.5 Å². The fraction of sp³-hybridized carbons (Fsp3) is 0.286. The Labute approximate surface area is 224 Å². The molecule has 0 heterocycles. The lowest BCUT2D eigenvalue weighted by molar-refractivity contribution is -0.138. The van der Waals surface area contributed by atoms with Crippen LogP contribution in [0.15, 0.2) is 83.8 Å². The standard InChI is InChI=1S/C28H33N3O6S/c1-21(28(33)29-2)30(18-17-22-11-7-5-8-12-22)27(32)20-31(38(34,35)24-13-9-6-10-14-24)25-19-23(36-3)15-16-26(25)37-4/h5-16,19,21H,17-18,20H2,1-4H3,(H,29,33)/t21-/m0/s1. The molecule has 0 spiro atoms. The minimum atomic E-state index is -4.21. The first-order chi connectivity index (χ1) is 18.2. The first kappa shape index (κ1) is 28.5. The Morgan fingerprint density at radius 2 is 1.55 bits per heavy atom. The predicted molar refractivity (Wildman–Crippen MR) is 146 cm³/mol. The second-order valence-electron chi connectivity index (χ2n) is 8.48. The van der Waals surface area contributed by atoms with Gasteiger partial charge in [-0.05, 0) is 43.2 Å². The third-order valence-corrected chi connectivity index (χ3v) is 7.94.